The van der Waals surface area contributed by atoms with E-state index in [1.807, 2.05) is 25.1 Å². The molecule has 2 heterocycles. The average Bonchev–Trinajstić information content (AvgIpc) is 3.15. The number of benzene rings is 1. The fourth-order valence-electron chi connectivity index (χ4n) is 2.21. The molecule has 0 radical (unpaired) electrons. The van der Waals surface area contributed by atoms with E-state index in [1.165, 1.54) is 16.0 Å². The summed E-state index contributed by atoms with van der Waals surface area (Å²) in [6.45, 7) is 4.99. The first-order valence-corrected chi connectivity index (χ1v) is 8.23. The lowest BCUT2D eigenvalue weighted by molar-refractivity contribution is 0.336. The highest BCUT2D eigenvalue weighted by Crippen LogP contribution is 2.18. The van der Waals surface area contributed by atoms with E-state index >= 15 is 0 Å². The first-order valence-electron chi connectivity index (χ1n) is 7.35. The fraction of sp³-hybridized carbons (Fsp3) is 0.294. The van der Waals surface area contributed by atoms with Crippen molar-refractivity contribution < 1.29 is 4.52 Å². The predicted molar refractivity (Wildman–Crippen MR) is 87.9 cm³/mol. The smallest absolute Gasteiger partial charge is 0.243 e. The molecule has 2 aromatic heterocycles. The Morgan fingerprint density at radius 1 is 1.23 bits per heavy atom. The van der Waals surface area contributed by atoms with Crippen LogP contribution in [0.4, 0.5) is 0 Å². The number of nitrogens with zero attached hydrogens (tertiary/aromatic N) is 2. The molecule has 5 heteroatoms. The maximum Gasteiger partial charge on any atom is 0.243 e. The van der Waals surface area contributed by atoms with Crippen LogP contribution in [0.2, 0.25) is 0 Å². The van der Waals surface area contributed by atoms with E-state index in [1.54, 1.807) is 11.3 Å². The van der Waals surface area contributed by atoms with Gasteiger partial charge in [-0.15, -0.1) is 11.3 Å². The van der Waals surface area contributed by atoms with Gasteiger partial charge in [-0.2, -0.15) is 4.98 Å². The number of rotatable bonds is 6. The summed E-state index contributed by atoms with van der Waals surface area (Å²) < 4.78 is 5.38. The number of hydrogen-bond donors (Lipinski definition) is 1. The zero-order valence-electron chi connectivity index (χ0n) is 12.7. The molecule has 1 atom stereocenters. The van der Waals surface area contributed by atoms with Crippen molar-refractivity contribution in [1.29, 1.82) is 0 Å². The topological polar surface area (TPSA) is 51.0 Å². The van der Waals surface area contributed by atoms with Crippen LogP contribution in [-0.4, -0.2) is 10.1 Å². The second kappa shape index (κ2) is 6.85. The van der Waals surface area contributed by atoms with Crippen molar-refractivity contribution in [1.82, 2.24) is 15.5 Å². The quantitative estimate of drug-likeness (QED) is 0.750. The molecule has 0 aliphatic carbocycles. The average molecular weight is 313 g/mol. The zero-order valence-corrected chi connectivity index (χ0v) is 13.6. The molecule has 0 spiro atoms. The lowest BCUT2D eigenvalue weighted by Crippen LogP contribution is -2.18. The van der Waals surface area contributed by atoms with Crippen molar-refractivity contribution in [2.24, 2.45) is 0 Å². The lowest BCUT2D eigenvalue weighted by Gasteiger charge is -2.08. The highest BCUT2D eigenvalue weighted by atomic mass is 32.1. The highest BCUT2D eigenvalue weighted by molar-refractivity contribution is 7.10. The van der Waals surface area contributed by atoms with E-state index in [0.29, 0.717) is 12.3 Å². The van der Waals surface area contributed by atoms with Crippen LogP contribution in [0.5, 0.6) is 0 Å². The molecular formula is C17H19N3OS. The Hall–Kier alpha value is -1.98. The molecule has 22 heavy (non-hydrogen) atoms. The molecular weight excluding hydrogens is 294 g/mol. The van der Waals surface area contributed by atoms with Gasteiger partial charge in [0, 0.05) is 17.8 Å². The van der Waals surface area contributed by atoms with Crippen LogP contribution in [0.3, 0.4) is 0 Å². The summed E-state index contributed by atoms with van der Waals surface area (Å²) in [5.41, 5.74) is 2.50. The number of thiophene rings is 1. The van der Waals surface area contributed by atoms with Gasteiger partial charge in [0.15, 0.2) is 5.82 Å². The molecule has 0 fully saturated rings. The third-order valence-corrected chi connectivity index (χ3v) is 4.62. The Labute approximate surface area is 134 Å². The van der Waals surface area contributed by atoms with Gasteiger partial charge in [-0.3, -0.25) is 0 Å². The molecule has 1 unspecified atom stereocenters. The summed E-state index contributed by atoms with van der Waals surface area (Å²) >= 11 is 1.76. The summed E-state index contributed by atoms with van der Waals surface area (Å²) in [6, 6.07) is 12.3. The van der Waals surface area contributed by atoms with Crippen LogP contribution < -0.4 is 5.32 Å². The molecule has 114 valence electrons. The minimum Gasteiger partial charge on any atom is -0.338 e. The van der Waals surface area contributed by atoms with E-state index < -0.39 is 0 Å². The molecule has 3 aromatic rings. The molecule has 0 aliphatic rings. The molecule has 1 aromatic carbocycles. The molecule has 4 nitrogen and oxygen atoms in total. The first-order chi connectivity index (χ1) is 10.7. The summed E-state index contributed by atoms with van der Waals surface area (Å²) in [5.74, 6) is 1.36. The Kier molecular flexibility index (Phi) is 4.65. The van der Waals surface area contributed by atoms with Crippen LogP contribution in [-0.2, 0) is 13.0 Å². The van der Waals surface area contributed by atoms with Crippen LogP contribution >= 0.6 is 11.3 Å². The molecule has 0 aliphatic heterocycles. The number of aryl methyl sites for hydroxylation is 1. The van der Waals surface area contributed by atoms with Crippen molar-refractivity contribution in [2.75, 3.05) is 0 Å². The Morgan fingerprint density at radius 2 is 2.05 bits per heavy atom. The predicted octanol–water partition coefficient (Wildman–Crippen LogP) is 3.88. The Balaban J connectivity index is 1.59. The molecule has 1 N–H and O–H groups in total. The monoisotopic (exact) mass is 313 g/mol. The summed E-state index contributed by atoms with van der Waals surface area (Å²) in [7, 11) is 0. The highest BCUT2D eigenvalue weighted by Gasteiger charge is 2.14. The zero-order chi connectivity index (χ0) is 15.4. The second-order valence-corrected chi connectivity index (χ2v) is 6.34. The van der Waals surface area contributed by atoms with Crippen molar-refractivity contribution in [2.45, 2.75) is 32.9 Å². The molecule has 0 amide bonds. The number of nitrogens with one attached hydrogen (secondary N) is 1. The minimum atomic E-state index is 0.0403. The minimum absolute atomic E-state index is 0.0403. The summed E-state index contributed by atoms with van der Waals surface area (Å²) in [5, 5.41) is 9.62. The number of aromatic nitrogens is 2. The third kappa shape index (κ3) is 3.61. The van der Waals surface area contributed by atoms with Gasteiger partial charge in [-0.25, -0.2) is 0 Å². The van der Waals surface area contributed by atoms with Crippen LogP contribution in [0.1, 0.15) is 40.7 Å². The fourth-order valence-corrected chi connectivity index (χ4v) is 3.07. The van der Waals surface area contributed by atoms with Crippen molar-refractivity contribution in [3.8, 4) is 0 Å². The van der Waals surface area contributed by atoms with Gasteiger partial charge in [0.25, 0.3) is 0 Å². The van der Waals surface area contributed by atoms with Crippen molar-refractivity contribution in [3.63, 3.8) is 0 Å². The van der Waals surface area contributed by atoms with Crippen LogP contribution in [0.15, 0.2) is 46.3 Å². The lowest BCUT2D eigenvalue weighted by atomic mass is 10.1. The van der Waals surface area contributed by atoms with E-state index in [-0.39, 0.29) is 6.04 Å². The molecule has 0 saturated carbocycles. The summed E-state index contributed by atoms with van der Waals surface area (Å²) in [6.07, 6.45) is 0.696. The molecule has 0 bridgehead atoms. The van der Waals surface area contributed by atoms with E-state index in [4.69, 9.17) is 4.52 Å². The van der Waals surface area contributed by atoms with Gasteiger partial charge in [0.05, 0.1) is 6.04 Å². The van der Waals surface area contributed by atoms with Crippen molar-refractivity contribution >= 4 is 11.3 Å². The third-order valence-electron chi connectivity index (χ3n) is 3.60. The Morgan fingerprint density at radius 3 is 2.77 bits per heavy atom. The van der Waals surface area contributed by atoms with E-state index in [9.17, 15) is 0 Å². The van der Waals surface area contributed by atoms with Gasteiger partial charge < -0.3 is 9.84 Å². The van der Waals surface area contributed by atoms with E-state index in [0.717, 1.165) is 12.4 Å². The summed E-state index contributed by atoms with van der Waals surface area (Å²) in [4.78, 5) is 5.83. The normalized spacial score (nSPS) is 12.5. The van der Waals surface area contributed by atoms with E-state index in [2.05, 4.69) is 46.0 Å². The van der Waals surface area contributed by atoms with Gasteiger partial charge in [0.2, 0.25) is 5.89 Å². The molecule has 3 rings (SSSR count). The first kappa shape index (κ1) is 14.9. The van der Waals surface area contributed by atoms with Gasteiger partial charge in [0.1, 0.15) is 0 Å². The van der Waals surface area contributed by atoms with Gasteiger partial charge in [-0.05, 0) is 36.4 Å². The van der Waals surface area contributed by atoms with Crippen molar-refractivity contribution in [3.05, 3.63) is 69.5 Å². The van der Waals surface area contributed by atoms with Gasteiger partial charge >= 0.3 is 0 Å². The second-order valence-electron chi connectivity index (χ2n) is 5.34. The van der Waals surface area contributed by atoms with Crippen LogP contribution in [0.25, 0.3) is 0 Å². The standard InChI is InChI=1S/C17H19N3OS/c1-12-8-9-22-15(12)11-18-13(2)17-19-16(20-21-17)10-14-6-4-3-5-7-14/h3-9,13,18H,10-11H2,1-2H3. The SMILES string of the molecule is Cc1ccsc1CNC(C)c1nc(Cc2ccccc2)no1. The maximum absolute atomic E-state index is 5.38. The molecule has 0 saturated heterocycles. The maximum atomic E-state index is 5.38. The largest absolute Gasteiger partial charge is 0.338 e. The number of hydrogen-bond acceptors (Lipinski definition) is 5. The van der Waals surface area contributed by atoms with Gasteiger partial charge in [-0.1, -0.05) is 35.5 Å². The van der Waals surface area contributed by atoms with Crippen LogP contribution in [0, 0.1) is 6.92 Å². The Bertz CT molecular complexity index is 720.